The van der Waals surface area contributed by atoms with Crippen LogP contribution in [0.2, 0.25) is 0 Å². The summed E-state index contributed by atoms with van der Waals surface area (Å²) in [5.74, 6) is 5.38. The van der Waals surface area contributed by atoms with Crippen molar-refractivity contribution in [3.63, 3.8) is 0 Å². The Hall–Kier alpha value is -0.530. The number of carboxylic acid groups (broad SMARTS) is 1. The minimum atomic E-state index is -0.549. The molecule has 0 amide bonds. The van der Waals surface area contributed by atoms with Crippen molar-refractivity contribution in [2.45, 2.75) is 118 Å². The fourth-order valence-corrected chi connectivity index (χ4v) is 9.92. The van der Waals surface area contributed by atoms with Crippen molar-refractivity contribution in [1.82, 2.24) is 0 Å². The Kier molecular flexibility index (Phi) is 6.87. The summed E-state index contributed by atoms with van der Waals surface area (Å²) in [6.07, 6.45) is 16.8. The lowest BCUT2D eigenvalue weighted by Gasteiger charge is -2.63. The van der Waals surface area contributed by atoms with Crippen LogP contribution in [0, 0.1) is 58.2 Å². The molecule has 31 heavy (non-hydrogen) atoms. The first-order valence-corrected chi connectivity index (χ1v) is 13.9. The van der Waals surface area contributed by atoms with Gasteiger partial charge in [-0.1, -0.05) is 66.7 Å². The van der Waals surface area contributed by atoms with E-state index in [0.29, 0.717) is 29.1 Å². The van der Waals surface area contributed by atoms with Gasteiger partial charge in [0.1, 0.15) is 0 Å². The molecule has 4 aliphatic carbocycles. The molecule has 0 aliphatic heterocycles. The Balaban J connectivity index is 1.57. The maximum Gasteiger partial charge on any atom is 0.303 e. The summed E-state index contributed by atoms with van der Waals surface area (Å²) in [7, 11) is 0. The highest BCUT2D eigenvalue weighted by atomic mass is 16.4. The molecule has 0 heterocycles. The van der Waals surface area contributed by atoms with Crippen LogP contribution in [0.4, 0.5) is 0 Å². The minimum absolute atomic E-state index is 0.426. The highest BCUT2D eigenvalue weighted by Gasteiger charge is 2.62. The molecule has 0 radical (unpaired) electrons. The molecule has 4 saturated carbocycles. The smallest absolute Gasteiger partial charge is 0.303 e. The van der Waals surface area contributed by atoms with E-state index in [2.05, 4.69) is 34.6 Å². The molecule has 3 unspecified atom stereocenters. The Morgan fingerprint density at radius 3 is 2.39 bits per heavy atom. The van der Waals surface area contributed by atoms with Gasteiger partial charge in [-0.15, -0.1) is 0 Å². The number of carboxylic acids is 1. The maximum absolute atomic E-state index is 11.9. The van der Waals surface area contributed by atoms with E-state index in [1.807, 2.05) is 0 Å². The third-order valence-corrected chi connectivity index (χ3v) is 11.4. The van der Waals surface area contributed by atoms with Crippen LogP contribution < -0.4 is 0 Å². The van der Waals surface area contributed by atoms with E-state index in [9.17, 15) is 9.90 Å². The lowest BCUT2D eigenvalue weighted by atomic mass is 9.42. The van der Waals surface area contributed by atoms with Crippen molar-refractivity contribution in [3.05, 3.63) is 0 Å². The molecule has 0 saturated heterocycles. The van der Waals surface area contributed by atoms with Crippen molar-refractivity contribution in [2.75, 3.05) is 0 Å². The van der Waals surface area contributed by atoms with Crippen molar-refractivity contribution in [1.29, 1.82) is 0 Å². The van der Waals surface area contributed by atoms with Gasteiger partial charge in [-0.3, -0.25) is 4.79 Å². The zero-order valence-electron chi connectivity index (χ0n) is 21.2. The number of hydrogen-bond acceptors (Lipinski definition) is 1. The van der Waals surface area contributed by atoms with Crippen molar-refractivity contribution >= 4 is 5.97 Å². The summed E-state index contributed by atoms with van der Waals surface area (Å²) in [5, 5.41) is 9.80. The van der Waals surface area contributed by atoms with Crippen LogP contribution in [0.5, 0.6) is 0 Å². The Morgan fingerprint density at radius 1 is 0.935 bits per heavy atom. The van der Waals surface area contributed by atoms with E-state index in [0.717, 1.165) is 35.5 Å². The highest BCUT2D eigenvalue weighted by molar-refractivity contribution is 5.67. The standard InChI is InChI=1S/C29H50O2/c1-19(2)9-8-10-20(3)23-12-13-24-27-21(18-26(30)31)17-22-11-6-7-15-28(22,4)25(27)14-16-29(23,24)5/h19-25,27H,6-18H2,1-5H3,(H,30,31)/t20?,21?,22?,23-,24+,25+,27+,28+,29-/m1/s1. The second-order valence-electron chi connectivity index (χ2n) is 13.4. The molecule has 4 fully saturated rings. The molecule has 1 N–H and O–H groups in total. The fraction of sp³-hybridized carbons (Fsp3) is 0.966. The van der Waals surface area contributed by atoms with Crippen molar-refractivity contribution in [3.8, 4) is 0 Å². The number of hydrogen-bond donors (Lipinski definition) is 1. The topological polar surface area (TPSA) is 37.3 Å². The average Bonchev–Trinajstić information content (AvgIpc) is 3.04. The Bertz CT molecular complexity index is 641. The van der Waals surface area contributed by atoms with Crippen LogP contribution in [0.1, 0.15) is 118 Å². The van der Waals surface area contributed by atoms with E-state index in [-0.39, 0.29) is 0 Å². The average molecular weight is 431 g/mol. The van der Waals surface area contributed by atoms with Gasteiger partial charge in [0.05, 0.1) is 0 Å². The molecular weight excluding hydrogens is 380 g/mol. The summed E-state index contributed by atoms with van der Waals surface area (Å²) in [6, 6.07) is 0. The van der Waals surface area contributed by atoms with E-state index in [1.165, 1.54) is 77.0 Å². The number of aliphatic carboxylic acids is 1. The highest BCUT2D eigenvalue weighted by Crippen LogP contribution is 2.69. The summed E-state index contributed by atoms with van der Waals surface area (Å²) >= 11 is 0. The SMILES string of the molecule is CC(C)CCCC(C)[C@H]1CC[C@H]2[C@@H]3C(CC(=O)O)CC4CCCC[C@]4(C)[C@H]3CC[C@]12C. The van der Waals surface area contributed by atoms with E-state index < -0.39 is 5.97 Å². The molecule has 0 bridgehead atoms. The third-order valence-electron chi connectivity index (χ3n) is 11.4. The summed E-state index contributed by atoms with van der Waals surface area (Å²) < 4.78 is 0. The summed E-state index contributed by atoms with van der Waals surface area (Å²) in [5.41, 5.74) is 0.938. The summed E-state index contributed by atoms with van der Waals surface area (Å²) in [6.45, 7) is 12.5. The number of rotatable bonds is 7. The molecule has 0 aromatic rings. The van der Waals surface area contributed by atoms with Crippen LogP contribution >= 0.6 is 0 Å². The second-order valence-corrected chi connectivity index (χ2v) is 13.4. The van der Waals surface area contributed by atoms with Crippen LogP contribution in [-0.4, -0.2) is 11.1 Å². The van der Waals surface area contributed by atoms with Gasteiger partial charge in [0.15, 0.2) is 0 Å². The van der Waals surface area contributed by atoms with Crippen LogP contribution in [0.25, 0.3) is 0 Å². The van der Waals surface area contributed by atoms with Gasteiger partial charge in [-0.05, 0) is 103 Å². The van der Waals surface area contributed by atoms with Gasteiger partial charge < -0.3 is 5.11 Å². The van der Waals surface area contributed by atoms with Gasteiger partial charge in [-0.25, -0.2) is 0 Å². The maximum atomic E-state index is 11.9. The third kappa shape index (κ3) is 4.23. The molecule has 9 atom stereocenters. The first kappa shape index (κ1) is 23.6. The Labute approximate surface area is 192 Å². The fourth-order valence-electron chi connectivity index (χ4n) is 9.92. The van der Waals surface area contributed by atoms with E-state index in [4.69, 9.17) is 0 Å². The normalized spacial score (nSPS) is 45.6. The largest absolute Gasteiger partial charge is 0.481 e. The monoisotopic (exact) mass is 430 g/mol. The lowest BCUT2D eigenvalue weighted by Crippen LogP contribution is -2.56. The van der Waals surface area contributed by atoms with Crippen LogP contribution in [0.15, 0.2) is 0 Å². The Morgan fingerprint density at radius 2 is 1.68 bits per heavy atom. The van der Waals surface area contributed by atoms with Gasteiger partial charge in [0, 0.05) is 6.42 Å². The quantitative estimate of drug-likeness (QED) is 0.442. The zero-order valence-corrected chi connectivity index (χ0v) is 21.2. The lowest BCUT2D eigenvalue weighted by molar-refractivity contribution is -0.156. The van der Waals surface area contributed by atoms with E-state index >= 15 is 0 Å². The van der Waals surface area contributed by atoms with Crippen molar-refractivity contribution in [2.24, 2.45) is 58.2 Å². The molecule has 2 heteroatoms. The van der Waals surface area contributed by atoms with Crippen molar-refractivity contribution < 1.29 is 9.90 Å². The first-order chi connectivity index (χ1) is 14.7. The predicted octanol–water partition coefficient (Wildman–Crippen LogP) is 8.20. The molecule has 2 nitrogen and oxygen atoms in total. The molecular formula is C29H50O2. The van der Waals surface area contributed by atoms with Gasteiger partial charge in [0.25, 0.3) is 0 Å². The molecule has 4 rings (SSSR count). The molecule has 178 valence electrons. The zero-order chi connectivity index (χ0) is 22.4. The molecule has 0 aromatic heterocycles. The minimum Gasteiger partial charge on any atom is -0.481 e. The number of fused-ring (bicyclic) bond motifs is 5. The number of carbonyl (C=O) groups is 1. The van der Waals surface area contributed by atoms with Gasteiger partial charge in [-0.2, -0.15) is 0 Å². The molecule has 0 aromatic carbocycles. The molecule has 4 aliphatic rings. The first-order valence-electron chi connectivity index (χ1n) is 13.9. The van der Waals surface area contributed by atoms with Crippen LogP contribution in [-0.2, 0) is 4.79 Å². The van der Waals surface area contributed by atoms with Gasteiger partial charge in [0.2, 0.25) is 0 Å². The second kappa shape index (κ2) is 9.02. The summed E-state index contributed by atoms with van der Waals surface area (Å²) in [4.78, 5) is 11.9. The van der Waals surface area contributed by atoms with Gasteiger partial charge >= 0.3 is 5.97 Å². The predicted molar refractivity (Wildman–Crippen MR) is 129 cm³/mol. The van der Waals surface area contributed by atoms with E-state index in [1.54, 1.807) is 0 Å². The van der Waals surface area contributed by atoms with Crippen LogP contribution in [0.3, 0.4) is 0 Å². The molecule has 0 spiro atoms.